The highest BCUT2D eigenvalue weighted by atomic mass is 32.2. The molecule has 0 aliphatic carbocycles. The quantitative estimate of drug-likeness (QED) is 0.437. The maximum absolute atomic E-state index is 13.0. The van der Waals surface area contributed by atoms with Crippen LogP contribution in [-0.4, -0.2) is 25.8 Å². The molecule has 28 heavy (non-hydrogen) atoms. The summed E-state index contributed by atoms with van der Waals surface area (Å²) in [5.74, 6) is 0.851. The molecule has 0 saturated heterocycles. The van der Waals surface area contributed by atoms with Gasteiger partial charge in [0.1, 0.15) is 10.9 Å². The van der Waals surface area contributed by atoms with Crippen LogP contribution in [0.5, 0.6) is 0 Å². The van der Waals surface area contributed by atoms with Gasteiger partial charge in [0.15, 0.2) is 0 Å². The van der Waals surface area contributed by atoms with E-state index >= 15 is 0 Å². The van der Waals surface area contributed by atoms with Gasteiger partial charge in [-0.15, -0.1) is 21.5 Å². The fourth-order valence-electron chi connectivity index (χ4n) is 3.35. The number of anilines is 1. The first kappa shape index (κ1) is 19.0. The van der Waals surface area contributed by atoms with E-state index in [0.29, 0.717) is 6.42 Å². The summed E-state index contributed by atoms with van der Waals surface area (Å²) in [6.07, 6.45) is 1.59. The Morgan fingerprint density at radius 2 is 2.04 bits per heavy atom. The SMILES string of the molecule is CCc1ccccc1NC(=O)[C@@H](CC)Sc1nnc(C)n2c1cc1sccc12. The van der Waals surface area contributed by atoms with Gasteiger partial charge >= 0.3 is 0 Å². The molecule has 0 radical (unpaired) electrons. The number of aryl methyl sites for hydroxylation is 2. The topological polar surface area (TPSA) is 59.3 Å². The average molecular weight is 411 g/mol. The molecule has 0 aliphatic heterocycles. The zero-order valence-electron chi connectivity index (χ0n) is 16.1. The minimum absolute atomic E-state index is 0.00212. The zero-order chi connectivity index (χ0) is 19.7. The lowest BCUT2D eigenvalue weighted by atomic mass is 10.1. The fraction of sp³-hybridized carbons (Fsp3) is 0.286. The van der Waals surface area contributed by atoms with Gasteiger partial charge in [-0.3, -0.25) is 9.20 Å². The van der Waals surface area contributed by atoms with Gasteiger partial charge < -0.3 is 5.32 Å². The molecule has 1 aromatic carbocycles. The van der Waals surface area contributed by atoms with Crippen molar-refractivity contribution in [1.82, 2.24) is 14.6 Å². The van der Waals surface area contributed by atoms with Crippen molar-refractivity contribution in [1.29, 1.82) is 0 Å². The minimum Gasteiger partial charge on any atom is -0.325 e. The molecule has 0 fully saturated rings. The van der Waals surface area contributed by atoms with Crippen LogP contribution in [0, 0.1) is 6.92 Å². The number of nitrogens with one attached hydrogen (secondary N) is 1. The first-order valence-corrected chi connectivity index (χ1v) is 11.2. The number of thioether (sulfide) groups is 1. The lowest BCUT2D eigenvalue weighted by Gasteiger charge is -2.16. The summed E-state index contributed by atoms with van der Waals surface area (Å²) in [6.45, 7) is 6.07. The van der Waals surface area contributed by atoms with Gasteiger partial charge in [0.2, 0.25) is 5.91 Å². The first-order valence-electron chi connectivity index (χ1n) is 9.39. The number of carbonyl (C=O) groups is 1. The third-order valence-electron chi connectivity index (χ3n) is 4.82. The van der Waals surface area contributed by atoms with Crippen LogP contribution in [-0.2, 0) is 11.2 Å². The Labute approximate surface area is 172 Å². The number of para-hydroxylation sites is 1. The number of hydrogen-bond acceptors (Lipinski definition) is 5. The van der Waals surface area contributed by atoms with Gasteiger partial charge in [-0.05, 0) is 48.9 Å². The van der Waals surface area contributed by atoms with Gasteiger partial charge in [-0.2, -0.15) is 0 Å². The molecule has 144 valence electrons. The van der Waals surface area contributed by atoms with Crippen LogP contribution >= 0.6 is 23.1 Å². The molecule has 0 saturated carbocycles. The molecular weight excluding hydrogens is 388 g/mol. The van der Waals surface area contributed by atoms with Gasteiger partial charge in [0.05, 0.1) is 21.0 Å². The van der Waals surface area contributed by atoms with E-state index in [1.807, 2.05) is 38.1 Å². The first-order chi connectivity index (χ1) is 13.6. The van der Waals surface area contributed by atoms with Gasteiger partial charge in [-0.1, -0.05) is 43.8 Å². The second-order valence-corrected chi connectivity index (χ2v) is 8.74. The largest absolute Gasteiger partial charge is 0.325 e. The van der Waals surface area contributed by atoms with E-state index in [9.17, 15) is 4.79 Å². The van der Waals surface area contributed by atoms with Gasteiger partial charge in [-0.25, -0.2) is 0 Å². The number of nitrogens with zero attached hydrogens (tertiary/aromatic N) is 3. The third-order valence-corrected chi connectivity index (χ3v) is 7.02. The van der Waals surface area contributed by atoms with E-state index in [1.54, 1.807) is 11.3 Å². The summed E-state index contributed by atoms with van der Waals surface area (Å²) < 4.78 is 3.33. The Balaban J connectivity index is 1.63. The molecule has 4 aromatic rings. The van der Waals surface area contributed by atoms with Gasteiger partial charge in [0.25, 0.3) is 0 Å². The molecule has 0 bridgehead atoms. The molecule has 1 N–H and O–H groups in total. The molecule has 1 amide bonds. The van der Waals surface area contributed by atoms with Crippen LogP contribution in [0.1, 0.15) is 31.7 Å². The lowest BCUT2D eigenvalue weighted by molar-refractivity contribution is -0.115. The van der Waals surface area contributed by atoms with Crippen molar-refractivity contribution in [3.05, 3.63) is 53.2 Å². The van der Waals surface area contributed by atoms with Crippen LogP contribution < -0.4 is 5.32 Å². The lowest BCUT2D eigenvalue weighted by Crippen LogP contribution is -2.25. The molecule has 4 rings (SSSR count). The van der Waals surface area contributed by atoms with Crippen LogP contribution in [0.3, 0.4) is 0 Å². The van der Waals surface area contributed by atoms with Crippen molar-refractivity contribution in [2.24, 2.45) is 0 Å². The van der Waals surface area contributed by atoms with E-state index in [0.717, 1.165) is 39.6 Å². The normalized spacial score (nSPS) is 12.5. The fourth-order valence-corrected chi connectivity index (χ4v) is 5.11. The number of thiophene rings is 1. The van der Waals surface area contributed by atoms with Crippen molar-refractivity contribution >= 4 is 50.4 Å². The predicted octanol–water partition coefficient (Wildman–Crippen LogP) is 5.32. The molecule has 5 nitrogen and oxygen atoms in total. The standard InChI is InChI=1S/C21H22N4OS2/c1-4-14-8-6-7-9-15(14)22-20(26)18(5-2)28-21-17-12-19-16(10-11-27-19)25(17)13(3)23-24-21/h6-12,18H,4-5H2,1-3H3,(H,22,26)/t18-/m1/s1. The monoisotopic (exact) mass is 410 g/mol. The maximum Gasteiger partial charge on any atom is 0.237 e. The summed E-state index contributed by atoms with van der Waals surface area (Å²) in [7, 11) is 0. The number of hydrogen-bond donors (Lipinski definition) is 1. The Morgan fingerprint density at radius 1 is 1.21 bits per heavy atom. The summed E-state index contributed by atoms with van der Waals surface area (Å²) >= 11 is 3.19. The maximum atomic E-state index is 13.0. The van der Waals surface area contributed by atoms with Gasteiger partial charge in [0, 0.05) is 5.69 Å². The highest BCUT2D eigenvalue weighted by molar-refractivity contribution is 8.00. The molecule has 1 atom stereocenters. The van der Waals surface area contributed by atoms with Crippen molar-refractivity contribution in [2.75, 3.05) is 5.32 Å². The van der Waals surface area contributed by atoms with Crippen molar-refractivity contribution in [2.45, 2.75) is 43.9 Å². The molecular formula is C21H22N4OS2. The van der Waals surface area contributed by atoms with Crippen LogP contribution in [0.15, 0.2) is 46.8 Å². The predicted molar refractivity (Wildman–Crippen MR) is 117 cm³/mol. The van der Waals surface area contributed by atoms with Crippen molar-refractivity contribution < 1.29 is 4.79 Å². The second-order valence-electron chi connectivity index (χ2n) is 6.60. The molecule has 3 heterocycles. The smallest absolute Gasteiger partial charge is 0.237 e. The Hall–Kier alpha value is -2.38. The number of carbonyl (C=O) groups excluding carboxylic acids is 1. The van der Waals surface area contributed by atoms with E-state index in [2.05, 4.69) is 44.4 Å². The van der Waals surface area contributed by atoms with Crippen LogP contribution in [0.25, 0.3) is 15.7 Å². The number of fused-ring (bicyclic) bond motifs is 3. The van der Waals surface area contributed by atoms with E-state index in [1.165, 1.54) is 16.5 Å². The van der Waals surface area contributed by atoms with E-state index < -0.39 is 0 Å². The summed E-state index contributed by atoms with van der Waals surface area (Å²) in [4.78, 5) is 13.0. The van der Waals surface area contributed by atoms with Crippen molar-refractivity contribution in [3.63, 3.8) is 0 Å². The summed E-state index contributed by atoms with van der Waals surface area (Å²) in [6, 6.07) is 12.2. The summed E-state index contributed by atoms with van der Waals surface area (Å²) in [5.41, 5.74) is 4.18. The zero-order valence-corrected chi connectivity index (χ0v) is 17.7. The minimum atomic E-state index is -0.237. The highest BCUT2D eigenvalue weighted by Gasteiger charge is 2.22. The van der Waals surface area contributed by atoms with Crippen LogP contribution in [0.2, 0.25) is 0 Å². The third kappa shape index (κ3) is 3.40. The molecule has 3 aromatic heterocycles. The number of rotatable bonds is 6. The second kappa shape index (κ2) is 7.93. The van der Waals surface area contributed by atoms with E-state index in [-0.39, 0.29) is 11.2 Å². The molecule has 0 spiro atoms. The Morgan fingerprint density at radius 3 is 2.82 bits per heavy atom. The number of aromatic nitrogens is 3. The number of benzene rings is 1. The Bertz CT molecular complexity index is 1150. The summed E-state index contributed by atoms with van der Waals surface area (Å²) in [5, 5.41) is 14.5. The van der Waals surface area contributed by atoms with Crippen LogP contribution in [0.4, 0.5) is 5.69 Å². The molecule has 7 heteroatoms. The van der Waals surface area contributed by atoms with E-state index in [4.69, 9.17) is 0 Å². The molecule has 0 unspecified atom stereocenters. The molecule has 0 aliphatic rings. The average Bonchev–Trinajstić information content (AvgIpc) is 3.29. The van der Waals surface area contributed by atoms with Crippen molar-refractivity contribution in [3.8, 4) is 0 Å². The highest BCUT2D eigenvalue weighted by Crippen LogP contribution is 2.33. The Kier molecular flexibility index (Phi) is 5.37. The number of amides is 1.